The standard InChI is InChI=1S/C12H10ClFN2S/c1-7-8(2)12(16-15-11(7)13)17-10-6-4-3-5-9(10)14/h3-6H,1-2H3. The van der Waals surface area contributed by atoms with Crippen molar-refractivity contribution in [3.05, 3.63) is 46.4 Å². The second kappa shape index (κ2) is 5.02. The molecule has 0 bridgehead atoms. The van der Waals surface area contributed by atoms with Gasteiger partial charge in [0.25, 0.3) is 0 Å². The van der Waals surface area contributed by atoms with Gasteiger partial charge in [0, 0.05) is 4.90 Å². The van der Waals surface area contributed by atoms with E-state index < -0.39 is 0 Å². The summed E-state index contributed by atoms with van der Waals surface area (Å²) in [6, 6.07) is 6.58. The van der Waals surface area contributed by atoms with Crippen LogP contribution in [0.4, 0.5) is 4.39 Å². The smallest absolute Gasteiger partial charge is 0.154 e. The van der Waals surface area contributed by atoms with Gasteiger partial charge in [-0.2, -0.15) is 0 Å². The number of hydrogen-bond donors (Lipinski definition) is 0. The number of hydrogen-bond acceptors (Lipinski definition) is 3. The summed E-state index contributed by atoms with van der Waals surface area (Å²) in [6.45, 7) is 3.77. The Morgan fingerprint density at radius 1 is 1.12 bits per heavy atom. The predicted octanol–water partition coefficient (Wildman–Crippen LogP) is 4.04. The van der Waals surface area contributed by atoms with Crippen LogP contribution in [0.25, 0.3) is 0 Å². The molecule has 88 valence electrons. The van der Waals surface area contributed by atoms with Crippen LogP contribution in [0.1, 0.15) is 11.1 Å². The predicted molar refractivity (Wildman–Crippen MR) is 67.0 cm³/mol. The summed E-state index contributed by atoms with van der Waals surface area (Å²) in [6.07, 6.45) is 0. The van der Waals surface area contributed by atoms with E-state index in [0.29, 0.717) is 15.1 Å². The molecule has 2 rings (SSSR count). The third-order valence-corrected chi connectivity index (χ3v) is 3.96. The Kier molecular flexibility index (Phi) is 3.64. The molecule has 0 saturated carbocycles. The molecule has 0 aliphatic carbocycles. The molecule has 0 radical (unpaired) electrons. The van der Waals surface area contributed by atoms with Gasteiger partial charge in [-0.05, 0) is 37.1 Å². The van der Waals surface area contributed by atoms with Crippen LogP contribution in [-0.4, -0.2) is 10.2 Å². The van der Waals surface area contributed by atoms with E-state index in [1.807, 2.05) is 13.8 Å². The lowest BCUT2D eigenvalue weighted by Crippen LogP contribution is -1.95. The molecule has 2 aromatic rings. The SMILES string of the molecule is Cc1c(Cl)nnc(Sc2ccccc2F)c1C. The molecule has 17 heavy (non-hydrogen) atoms. The van der Waals surface area contributed by atoms with Gasteiger partial charge in [0.2, 0.25) is 0 Å². The summed E-state index contributed by atoms with van der Waals surface area (Å²) >= 11 is 7.12. The normalized spacial score (nSPS) is 10.6. The molecular weight excluding hydrogens is 259 g/mol. The number of benzene rings is 1. The van der Waals surface area contributed by atoms with Crippen molar-refractivity contribution in [2.45, 2.75) is 23.8 Å². The van der Waals surface area contributed by atoms with Gasteiger partial charge in [-0.3, -0.25) is 0 Å². The van der Waals surface area contributed by atoms with Gasteiger partial charge in [0.15, 0.2) is 5.15 Å². The summed E-state index contributed by atoms with van der Waals surface area (Å²) < 4.78 is 13.5. The first-order valence-corrected chi connectivity index (χ1v) is 6.21. The summed E-state index contributed by atoms with van der Waals surface area (Å²) in [4.78, 5) is 0.534. The van der Waals surface area contributed by atoms with Crippen molar-refractivity contribution in [2.24, 2.45) is 0 Å². The fraction of sp³-hybridized carbons (Fsp3) is 0.167. The molecule has 0 saturated heterocycles. The summed E-state index contributed by atoms with van der Waals surface area (Å²) in [5.41, 5.74) is 1.80. The number of aromatic nitrogens is 2. The molecule has 0 atom stereocenters. The topological polar surface area (TPSA) is 25.8 Å². The number of halogens is 2. The minimum Gasteiger partial charge on any atom is -0.206 e. The summed E-state index contributed by atoms with van der Waals surface area (Å²) in [5, 5.41) is 8.89. The fourth-order valence-electron chi connectivity index (χ4n) is 1.28. The van der Waals surface area contributed by atoms with Crippen LogP contribution >= 0.6 is 23.4 Å². The molecule has 0 amide bonds. The van der Waals surface area contributed by atoms with Crippen LogP contribution in [0.5, 0.6) is 0 Å². The average Bonchev–Trinajstić information content (AvgIpc) is 2.32. The maximum Gasteiger partial charge on any atom is 0.154 e. The van der Waals surface area contributed by atoms with Gasteiger partial charge < -0.3 is 0 Å². The van der Waals surface area contributed by atoms with Crippen molar-refractivity contribution in [1.82, 2.24) is 10.2 Å². The molecule has 0 aliphatic rings. The van der Waals surface area contributed by atoms with Crippen molar-refractivity contribution < 1.29 is 4.39 Å². The highest BCUT2D eigenvalue weighted by Gasteiger charge is 2.11. The van der Waals surface area contributed by atoms with E-state index in [4.69, 9.17) is 11.6 Å². The molecule has 5 heteroatoms. The van der Waals surface area contributed by atoms with Crippen LogP contribution in [0.15, 0.2) is 34.2 Å². The third-order valence-electron chi connectivity index (χ3n) is 2.46. The Morgan fingerprint density at radius 3 is 2.53 bits per heavy atom. The van der Waals surface area contributed by atoms with Crippen LogP contribution in [0.3, 0.4) is 0 Å². The second-order valence-corrected chi connectivity index (χ2v) is 4.97. The van der Waals surface area contributed by atoms with E-state index >= 15 is 0 Å². The Bertz CT molecular complexity index is 560. The van der Waals surface area contributed by atoms with Crippen molar-refractivity contribution in [2.75, 3.05) is 0 Å². The molecule has 1 heterocycles. The minimum absolute atomic E-state index is 0.258. The van der Waals surface area contributed by atoms with Crippen LogP contribution < -0.4 is 0 Å². The zero-order valence-electron chi connectivity index (χ0n) is 9.37. The molecule has 0 unspecified atom stereocenters. The average molecular weight is 269 g/mol. The Balaban J connectivity index is 2.38. The van der Waals surface area contributed by atoms with Crippen molar-refractivity contribution in [3.8, 4) is 0 Å². The molecule has 1 aromatic heterocycles. The summed E-state index contributed by atoms with van der Waals surface area (Å²) in [5.74, 6) is -0.258. The van der Waals surface area contributed by atoms with Gasteiger partial charge in [0.05, 0.1) is 0 Å². The number of rotatable bonds is 2. The zero-order valence-corrected chi connectivity index (χ0v) is 10.9. The van der Waals surface area contributed by atoms with Crippen molar-refractivity contribution in [3.63, 3.8) is 0 Å². The summed E-state index contributed by atoms with van der Waals surface area (Å²) in [7, 11) is 0. The molecule has 0 N–H and O–H groups in total. The van der Waals surface area contributed by atoms with E-state index in [9.17, 15) is 4.39 Å². The molecule has 0 aliphatic heterocycles. The highest BCUT2D eigenvalue weighted by Crippen LogP contribution is 2.32. The van der Waals surface area contributed by atoms with E-state index in [1.54, 1.807) is 18.2 Å². The lowest BCUT2D eigenvalue weighted by atomic mass is 10.2. The van der Waals surface area contributed by atoms with Crippen LogP contribution in [0.2, 0.25) is 5.15 Å². The molecule has 2 nitrogen and oxygen atoms in total. The molecular formula is C12H10ClFN2S. The first-order chi connectivity index (χ1) is 8.09. The second-order valence-electron chi connectivity index (χ2n) is 3.58. The Labute approximate surface area is 108 Å². The van der Waals surface area contributed by atoms with E-state index in [0.717, 1.165) is 11.1 Å². The Hall–Kier alpha value is -1.13. The van der Waals surface area contributed by atoms with Gasteiger partial charge in [-0.25, -0.2) is 4.39 Å². The third kappa shape index (κ3) is 2.58. The van der Waals surface area contributed by atoms with Gasteiger partial charge >= 0.3 is 0 Å². The first-order valence-electron chi connectivity index (χ1n) is 5.01. The lowest BCUT2D eigenvalue weighted by molar-refractivity contribution is 0.601. The highest BCUT2D eigenvalue weighted by atomic mass is 35.5. The first kappa shape index (κ1) is 12.3. The maximum atomic E-state index is 13.5. The largest absolute Gasteiger partial charge is 0.206 e. The quantitative estimate of drug-likeness (QED) is 0.822. The molecule has 0 fully saturated rings. The maximum absolute atomic E-state index is 13.5. The van der Waals surface area contributed by atoms with Crippen LogP contribution in [0, 0.1) is 19.7 Å². The van der Waals surface area contributed by atoms with Crippen LogP contribution in [-0.2, 0) is 0 Å². The zero-order chi connectivity index (χ0) is 12.4. The molecule has 1 aromatic carbocycles. The number of nitrogens with zero attached hydrogens (tertiary/aromatic N) is 2. The minimum atomic E-state index is -0.258. The Morgan fingerprint density at radius 2 is 1.82 bits per heavy atom. The highest BCUT2D eigenvalue weighted by molar-refractivity contribution is 7.99. The van der Waals surface area contributed by atoms with Crippen molar-refractivity contribution >= 4 is 23.4 Å². The lowest BCUT2D eigenvalue weighted by Gasteiger charge is -2.07. The fourth-order valence-corrected chi connectivity index (χ4v) is 2.37. The van der Waals surface area contributed by atoms with Gasteiger partial charge in [-0.15, -0.1) is 10.2 Å². The van der Waals surface area contributed by atoms with E-state index in [1.165, 1.54) is 17.8 Å². The van der Waals surface area contributed by atoms with E-state index in [-0.39, 0.29) is 5.82 Å². The van der Waals surface area contributed by atoms with Gasteiger partial charge in [-0.1, -0.05) is 35.5 Å². The van der Waals surface area contributed by atoms with Crippen molar-refractivity contribution in [1.29, 1.82) is 0 Å². The van der Waals surface area contributed by atoms with E-state index in [2.05, 4.69) is 10.2 Å². The van der Waals surface area contributed by atoms with Gasteiger partial charge in [0.1, 0.15) is 10.8 Å². The molecule has 0 spiro atoms. The monoisotopic (exact) mass is 268 g/mol.